The molecule has 0 aliphatic carbocycles. The Bertz CT molecular complexity index is 782. The highest BCUT2D eigenvalue weighted by molar-refractivity contribution is 7.51. The van der Waals surface area contributed by atoms with Gasteiger partial charge in [-0.2, -0.15) is 10.2 Å². The van der Waals surface area contributed by atoms with E-state index in [1.165, 1.54) is 12.7 Å². The van der Waals surface area contributed by atoms with Gasteiger partial charge in [-0.1, -0.05) is 0 Å². The molecule has 1 atom stereocenters. The van der Waals surface area contributed by atoms with Crippen LogP contribution in [-0.4, -0.2) is 65.1 Å². The molecule has 10 nitrogen and oxygen atoms in total. The summed E-state index contributed by atoms with van der Waals surface area (Å²) in [5.74, 6) is -0.456. The number of fused-ring (bicyclic) bond motifs is 1. The lowest BCUT2D eigenvalue weighted by atomic mass is 10.2. The van der Waals surface area contributed by atoms with Crippen LogP contribution in [0.2, 0.25) is 0 Å². The zero-order valence-corrected chi connectivity index (χ0v) is 14.0. The van der Waals surface area contributed by atoms with Crippen LogP contribution in [-0.2, 0) is 11.1 Å². The highest BCUT2D eigenvalue weighted by Crippen LogP contribution is 2.33. The van der Waals surface area contributed by atoms with E-state index in [0.29, 0.717) is 30.8 Å². The van der Waals surface area contributed by atoms with E-state index in [1.54, 1.807) is 11.5 Å². The molecule has 0 saturated heterocycles. The summed E-state index contributed by atoms with van der Waals surface area (Å²) in [6, 6.07) is 2.11. The summed E-state index contributed by atoms with van der Waals surface area (Å²) in [5.41, 5.74) is 0.774. The summed E-state index contributed by atoms with van der Waals surface area (Å²) in [5, 5.41) is 18.6. The number of hydrogen-bond donors (Lipinski definition) is 3. The van der Waals surface area contributed by atoms with Crippen molar-refractivity contribution in [3.05, 3.63) is 12.7 Å². The van der Waals surface area contributed by atoms with E-state index < -0.39 is 7.60 Å². The highest BCUT2D eigenvalue weighted by atomic mass is 31.2. The van der Waals surface area contributed by atoms with Crippen LogP contribution in [0.25, 0.3) is 11.2 Å². The molecule has 0 aliphatic rings. The highest BCUT2D eigenvalue weighted by Gasteiger charge is 2.18. The van der Waals surface area contributed by atoms with Crippen LogP contribution in [0.15, 0.2) is 12.7 Å². The van der Waals surface area contributed by atoms with E-state index in [4.69, 9.17) is 15.0 Å². The van der Waals surface area contributed by atoms with Crippen molar-refractivity contribution < 1.29 is 19.5 Å². The van der Waals surface area contributed by atoms with Crippen molar-refractivity contribution in [1.29, 1.82) is 5.26 Å². The summed E-state index contributed by atoms with van der Waals surface area (Å²) in [7, 11) is -4.10. The van der Waals surface area contributed by atoms with Gasteiger partial charge >= 0.3 is 7.60 Å². The molecular formula is C13H19N6O4P. The standard InChI is InChI=1S/C13H19N6O4P/c1-10(6-14)7-18(4-5-24(21,22)23)2-3-19-9-17-11-12(19)15-8-16-13(11)20/h8-10H,2-5,7H2,1H3,(H,15,16,20)(H2,21,22,23). The Morgan fingerprint density at radius 2 is 2.12 bits per heavy atom. The molecular weight excluding hydrogens is 335 g/mol. The second-order valence-electron chi connectivity index (χ2n) is 5.53. The van der Waals surface area contributed by atoms with Crippen LogP contribution in [0.3, 0.4) is 0 Å². The van der Waals surface area contributed by atoms with E-state index in [9.17, 15) is 9.67 Å². The van der Waals surface area contributed by atoms with Crippen LogP contribution >= 0.6 is 7.60 Å². The molecule has 3 N–H and O–H groups in total. The zero-order valence-electron chi connectivity index (χ0n) is 13.1. The van der Waals surface area contributed by atoms with Gasteiger partial charge in [0.05, 0.1) is 24.5 Å². The van der Waals surface area contributed by atoms with E-state index in [2.05, 4.69) is 21.0 Å². The molecule has 2 aromatic heterocycles. The minimum Gasteiger partial charge on any atom is -0.492 e. The Labute approximate surface area is 138 Å². The number of imidazole rings is 1. The number of aromatic hydroxyl groups is 1. The molecule has 2 heterocycles. The van der Waals surface area contributed by atoms with Crippen LogP contribution in [0.5, 0.6) is 5.88 Å². The molecule has 11 heteroatoms. The fourth-order valence-electron chi connectivity index (χ4n) is 2.28. The maximum atomic E-state index is 11.1. The largest absolute Gasteiger partial charge is 0.492 e. The molecule has 2 rings (SSSR count). The van der Waals surface area contributed by atoms with Crippen molar-refractivity contribution in [2.75, 3.05) is 25.8 Å². The maximum absolute atomic E-state index is 11.1. The average molecular weight is 354 g/mol. The molecule has 0 fully saturated rings. The lowest BCUT2D eigenvalue weighted by Crippen LogP contribution is -2.33. The van der Waals surface area contributed by atoms with Crippen LogP contribution in [0.1, 0.15) is 6.92 Å². The smallest absolute Gasteiger partial charge is 0.326 e. The first-order valence-electron chi connectivity index (χ1n) is 7.31. The second-order valence-corrected chi connectivity index (χ2v) is 7.30. The van der Waals surface area contributed by atoms with E-state index in [-0.39, 0.29) is 24.5 Å². The fourth-order valence-corrected chi connectivity index (χ4v) is 2.82. The molecule has 24 heavy (non-hydrogen) atoms. The van der Waals surface area contributed by atoms with E-state index in [0.717, 1.165) is 0 Å². The average Bonchev–Trinajstić information content (AvgIpc) is 2.93. The molecule has 0 bridgehead atoms. The van der Waals surface area contributed by atoms with Gasteiger partial charge in [-0.15, -0.1) is 0 Å². The molecule has 0 saturated carbocycles. The van der Waals surface area contributed by atoms with Gasteiger partial charge in [-0.3, -0.25) is 9.46 Å². The van der Waals surface area contributed by atoms with Gasteiger partial charge in [0.15, 0.2) is 11.2 Å². The summed E-state index contributed by atoms with van der Waals surface area (Å²) in [4.78, 5) is 31.7. The van der Waals surface area contributed by atoms with Crippen molar-refractivity contribution >= 4 is 18.8 Å². The number of rotatable bonds is 8. The summed E-state index contributed by atoms with van der Waals surface area (Å²) in [6.07, 6.45) is 2.49. The van der Waals surface area contributed by atoms with Crippen LogP contribution in [0, 0.1) is 17.2 Å². The first-order chi connectivity index (χ1) is 11.3. The molecule has 1 unspecified atom stereocenters. The summed E-state index contributed by atoms with van der Waals surface area (Å²) < 4.78 is 12.8. The molecule has 0 spiro atoms. The Kier molecular flexibility index (Phi) is 5.85. The molecule has 130 valence electrons. The van der Waals surface area contributed by atoms with Crippen molar-refractivity contribution in [2.45, 2.75) is 13.5 Å². The third kappa shape index (κ3) is 4.97. The lowest BCUT2D eigenvalue weighted by Gasteiger charge is -2.23. The van der Waals surface area contributed by atoms with E-state index >= 15 is 0 Å². The predicted molar refractivity (Wildman–Crippen MR) is 85.1 cm³/mol. The van der Waals surface area contributed by atoms with Gasteiger partial charge < -0.3 is 19.5 Å². The number of aromatic nitrogens is 4. The van der Waals surface area contributed by atoms with E-state index in [1.807, 2.05) is 4.90 Å². The third-order valence-corrected chi connectivity index (χ3v) is 4.28. The van der Waals surface area contributed by atoms with Crippen LogP contribution in [0.4, 0.5) is 0 Å². The molecule has 0 aromatic carbocycles. The van der Waals surface area contributed by atoms with Gasteiger partial charge in [0.2, 0.25) is 5.88 Å². The normalized spacial score (nSPS) is 13.3. The first kappa shape index (κ1) is 18.3. The van der Waals surface area contributed by atoms with Gasteiger partial charge in [0.1, 0.15) is 6.33 Å². The minimum atomic E-state index is -4.10. The molecule has 0 aliphatic heterocycles. The van der Waals surface area contributed by atoms with Crippen molar-refractivity contribution in [3.8, 4) is 11.9 Å². The number of nitriles is 1. The Balaban J connectivity index is 2.06. The first-order valence-corrected chi connectivity index (χ1v) is 9.11. The Morgan fingerprint density at radius 3 is 2.79 bits per heavy atom. The van der Waals surface area contributed by atoms with Crippen LogP contribution < -0.4 is 0 Å². The fraction of sp³-hybridized carbons (Fsp3) is 0.538. The lowest BCUT2D eigenvalue weighted by molar-refractivity contribution is 0.253. The zero-order chi connectivity index (χ0) is 17.7. The summed E-state index contributed by atoms with van der Waals surface area (Å²) >= 11 is 0. The van der Waals surface area contributed by atoms with Crippen molar-refractivity contribution in [3.63, 3.8) is 0 Å². The van der Waals surface area contributed by atoms with Gasteiger partial charge in [0, 0.05) is 26.2 Å². The topological polar surface area (TPSA) is 148 Å². The maximum Gasteiger partial charge on any atom is 0.326 e. The van der Waals surface area contributed by atoms with Gasteiger partial charge in [-0.25, -0.2) is 9.97 Å². The van der Waals surface area contributed by atoms with Gasteiger partial charge in [-0.05, 0) is 6.92 Å². The molecule has 2 aromatic rings. The molecule has 0 radical (unpaired) electrons. The monoisotopic (exact) mass is 354 g/mol. The SMILES string of the molecule is CC(C#N)CN(CCn1cnc2c(O)ncnc21)CCP(=O)(O)O. The Hall–Kier alpha value is -2.05. The molecule has 0 amide bonds. The third-order valence-electron chi connectivity index (χ3n) is 3.50. The second kappa shape index (κ2) is 7.68. The summed E-state index contributed by atoms with van der Waals surface area (Å²) in [6.45, 7) is 3.25. The number of nitrogens with zero attached hydrogens (tertiary/aromatic N) is 6. The van der Waals surface area contributed by atoms with Crippen molar-refractivity contribution in [2.24, 2.45) is 5.92 Å². The quantitative estimate of drug-likeness (QED) is 0.564. The Morgan fingerprint density at radius 1 is 1.38 bits per heavy atom. The van der Waals surface area contributed by atoms with Gasteiger partial charge in [0.25, 0.3) is 0 Å². The minimum absolute atomic E-state index is 0.184. The number of hydrogen-bond acceptors (Lipinski definition) is 7. The van der Waals surface area contributed by atoms with Crippen molar-refractivity contribution in [1.82, 2.24) is 24.4 Å². The predicted octanol–water partition coefficient (Wildman–Crippen LogP) is 0.171.